The molecule has 0 aromatic carbocycles. The quantitative estimate of drug-likeness (QED) is 0.818. The van der Waals surface area contributed by atoms with E-state index in [2.05, 4.69) is 22.1 Å². The lowest BCUT2D eigenvalue weighted by Gasteiger charge is -2.06. The molecule has 0 bridgehead atoms. The second kappa shape index (κ2) is 5.07. The molecule has 5 heteroatoms. The lowest BCUT2D eigenvalue weighted by atomic mass is 10.2. The van der Waals surface area contributed by atoms with E-state index in [9.17, 15) is 0 Å². The fraction of sp³-hybridized carbons (Fsp3) is 0.364. The summed E-state index contributed by atoms with van der Waals surface area (Å²) < 4.78 is 1.92. The van der Waals surface area contributed by atoms with E-state index in [1.165, 1.54) is 0 Å². The molecule has 0 aliphatic carbocycles. The van der Waals surface area contributed by atoms with E-state index in [-0.39, 0.29) is 0 Å². The average molecular weight is 237 g/mol. The van der Waals surface area contributed by atoms with Gasteiger partial charge in [0.15, 0.2) is 0 Å². The maximum atomic E-state index is 6.00. The number of pyridine rings is 1. The third-order valence-corrected chi connectivity index (χ3v) is 2.60. The lowest BCUT2D eigenvalue weighted by molar-refractivity contribution is 0.704. The molecule has 2 aromatic heterocycles. The van der Waals surface area contributed by atoms with E-state index >= 15 is 0 Å². The van der Waals surface area contributed by atoms with Gasteiger partial charge in [0.25, 0.3) is 0 Å². The number of hydrogen-bond donors (Lipinski definition) is 0. The van der Waals surface area contributed by atoms with Crippen molar-refractivity contribution in [3.8, 4) is 0 Å². The molecule has 0 unspecified atom stereocenters. The Morgan fingerprint density at radius 3 is 2.94 bits per heavy atom. The van der Waals surface area contributed by atoms with Crippen molar-refractivity contribution in [2.24, 2.45) is 0 Å². The van der Waals surface area contributed by atoms with Gasteiger partial charge in [-0.15, -0.1) is 10.2 Å². The van der Waals surface area contributed by atoms with Gasteiger partial charge in [-0.25, -0.2) is 0 Å². The molecule has 0 radical (unpaired) electrons. The van der Waals surface area contributed by atoms with Gasteiger partial charge in [0, 0.05) is 18.8 Å². The molecule has 0 aliphatic heterocycles. The van der Waals surface area contributed by atoms with E-state index in [4.69, 9.17) is 11.6 Å². The van der Waals surface area contributed by atoms with Crippen molar-refractivity contribution < 1.29 is 0 Å². The Hall–Kier alpha value is -1.42. The Bertz CT molecular complexity index is 452. The third-order valence-electron chi connectivity index (χ3n) is 2.32. The van der Waals surface area contributed by atoms with Crippen LogP contribution in [-0.2, 0) is 13.0 Å². The number of rotatable bonds is 4. The highest BCUT2D eigenvalue weighted by Crippen LogP contribution is 2.12. The first-order valence-electron chi connectivity index (χ1n) is 5.27. The van der Waals surface area contributed by atoms with Gasteiger partial charge in [-0.3, -0.25) is 9.55 Å². The first-order chi connectivity index (χ1) is 7.81. The van der Waals surface area contributed by atoms with Crippen LogP contribution in [0.5, 0.6) is 0 Å². The highest BCUT2D eigenvalue weighted by Gasteiger charge is 2.09. The summed E-state index contributed by atoms with van der Waals surface area (Å²) in [6, 6.07) is 3.92. The van der Waals surface area contributed by atoms with Crippen molar-refractivity contribution in [2.45, 2.75) is 26.3 Å². The van der Waals surface area contributed by atoms with Crippen LogP contribution in [0, 0.1) is 0 Å². The topological polar surface area (TPSA) is 43.6 Å². The predicted molar refractivity (Wildman–Crippen MR) is 62.4 cm³/mol. The van der Waals surface area contributed by atoms with Crippen molar-refractivity contribution in [1.29, 1.82) is 0 Å². The molecule has 0 spiro atoms. The van der Waals surface area contributed by atoms with Crippen LogP contribution in [0.3, 0.4) is 0 Å². The largest absolute Gasteiger partial charge is 0.297 e. The molecular weight excluding hydrogens is 224 g/mol. The minimum Gasteiger partial charge on any atom is -0.297 e. The Kier molecular flexibility index (Phi) is 3.51. The zero-order valence-corrected chi connectivity index (χ0v) is 9.85. The molecule has 0 amide bonds. The van der Waals surface area contributed by atoms with Crippen LogP contribution in [0.4, 0.5) is 0 Å². The summed E-state index contributed by atoms with van der Waals surface area (Å²) in [5, 5.41) is 8.39. The van der Waals surface area contributed by atoms with Gasteiger partial charge >= 0.3 is 0 Å². The zero-order chi connectivity index (χ0) is 11.4. The molecule has 0 fully saturated rings. The molecule has 84 valence electrons. The lowest BCUT2D eigenvalue weighted by Crippen LogP contribution is -2.05. The molecule has 0 atom stereocenters. The Morgan fingerprint density at radius 1 is 1.38 bits per heavy atom. The van der Waals surface area contributed by atoms with Crippen LogP contribution in [0.2, 0.25) is 5.28 Å². The molecule has 4 nitrogen and oxygen atoms in total. The van der Waals surface area contributed by atoms with E-state index in [1.54, 1.807) is 6.20 Å². The van der Waals surface area contributed by atoms with Gasteiger partial charge in [0.2, 0.25) is 5.28 Å². The summed E-state index contributed by atoms with van der Waals surface area (Å²) in [7, 11) is 0. The van der Waals surface area contributed by atoms with E-state index < -0.39 is 0 Å². The fourth-order valence-corrected chi connectivity index (χ4v) is 1.75. The average Bonchev–Trinajstić information content (AvgIpc) is 2.64. The first-order valence-corrected chi connectivity index (χ1v) is 5.65. The second-order valence-electron chi connectivity index (χ2n) is 3.58. The van der Waals surface area contributed by atoms with Crippen LogP contribution in [0.25, 0.3) is 0 Å². The first kappa shape index (κ1) is 11.1. The highest BCUT2D eigenvalue weighted by atomic mass is 35.5. The van der Waals surface area contributed by atoms with E-state index in [0.29, 0.717) is 11.8 Å². The standard InChI is InChI=1S/C11H13ClN4/c1-2-4-10-14-15-11(12)16(10)8-9-5-3-6-13-7-9/h3,5-7H,2,4,8H2,1H3. The SMILES string of the molecule is CCCc1nnc(Cl)n1Cc1cccnc1. The van der Waals surface area contributed by atoms with Gasteiger partial charge < -0.3 is 0 Å². The molecule has 0 aliphatic rings. The summed E-state index contributed by atoms with van der Waals surface area (Å²) in [4.78, 5) is 4.07. The smallest absolute Gasteiger partial charge is 0.225 e. The molecular formula is C11H13ClN4. The van der Waals surface area contributed by atoms with Gasteiger partial charge in [-0.1, -0.05) is 13.0 Å². The zero-order valence-electron chi connectivity index (χ0n) is 9.10. The number of halogens is 1. The van der Waals surface area contributed by atoms with Crippen LogP contribution in [0.15, 0.2) is 24.5 Å². The summed E-state index contributed by atoms with van der Waals surface area (Å²) in [6.45, 7) is 2.78. The second-order valence-corrected chi connectivity index (χ2v) is 3.92. The minimum absolute atomic E-state index is 0.437. The van der Waals surface area contributed by atoms with Gasteiger partial charge in [-0.2, -0.15) is 0 Å². The number of aryl methyl sites for hydroxylation is 1. The molecule has 0 saturated heterocycles. The normalized spacial score (nSPS) is 10.6. The van der Waals surface area contributed by atoms with Gasteiger partial charge in [0.05, 0.1) is 6.54 Å². The van der Waals surface area contributed by atoms with Gasteiger partial charge in [-0.05, 0) is 29.7 Å². The van der Waals surface area contributed by atoms with Crippen molar-refractivity contribution in [3.63, 3.8) is 0 Å². The molecule has 2 rings (SSSR count). The Labute approximate surface area is 99.3 Å². The van der Waals surface area contributed by atoms with Crippen LogP contribution in [0.1, 0.15) is 24.7 Å². The molecule has 2 aromatic rings. The predicted octanol–water partition coefficient (Wildman–Crippen LogP) is 2.33. The van der Waals surface area contributed by atoms with Crippen molar-refractivity contribution in [3.05, 3.63) is 41.2 Å². The Balaban J connectivity index is 2.23. The molecule has 2 heterocycles. The van der Waals surface area contributed by atoms with Gasteiger partial charge in [0.1, 0.15) is 5.82 Å². The maximum Gasteiger partial charge on any atom is 0.225 e. The van der Waals surface area contributed by atoms with E-state index in [0.717, 1.165) is 24.2 Å². The van der Waals surface area contributed by atoms with E-state index in [1.807, 2.05) is 22.9 Å². The van der Waals surface area contributed by atoms with Crippen LogP contribution < -0.4 is 0 Å². The number of nitrogens with zero attached hydrogens (tertiary/aromatic N) is 4. The van der Waals surface area contributed by atoms with Crippen molar-refractivity contribution in [2.75, 3.05) is 0 Å². The fourth-order valence-electron chi connectivity index (χ4n) is 1.55. The number of aromatic nitrogens is 4. The van der Waals surface area contributed by atoms with Crippen LogP contribution in [-0.4, -0.2) is 19.7 Å². The number of hydrogen-bond acceptors (Lipinski definition) is 3. The highest BCUT2D eigenvalue weighted by molar-refractivity contribution is 6.28. The summed E-state index contributed by atoms with van der Waals surface area (Å²) in [6.07, 6.45) is 5.50. The molecule has 0 saturated carbocycles. The van der Waals surface area contributed by atoms with Crippen LogP contribution >= 0.6 is 11.6 Å². The molecule has 0 N–H and O–H groups in total. The minimum atomic E-state index is 0.437. The summed E-state index contributed by atoms with van der Waals surface area (Å²) in [5.74, 6) is 0.927. The summed E-state index contributed by atoms with van der Waals surface area (Å²) >= 11 is 6.00. The Morgan fingerprint density at radius 2 is 2.25 bits per heavy atom. The monoisotopic (exact) mass is 236 g/mol. The maximum absolute atomic E-state index is 6.00. The summed E-state index contributed by atoms with van der Waals surface area (Å²) in [5.41, 5.74) is 1.10. The third kappa shape index (κ3) is 2.39. The molecule has 16 heavy (non-hydrogen) atoms. The van der Waals surface area contributed by atoms with Crippen molar-refractivity contribution >= 4 is 11.6 Å². The van der Waals surface area contributed by atoms with Crippen molar-refractivity contribution in [1.82, 2.24) is 19.7 Å².